The number of nitrogens with one attached hydrogen (secondary N) is 2. The van der Waals surface area contributed by atoms with Gasteiger partial charge < -0.3 is 14.9 Å². The van der Waals surface area contributed by atoms with Gasteiger partial charge in [-0.2, -0.15) is 5.10 Å². The van der Waals surface area contributed by atoms with Crippen molar-refractivity contribution in [2.24, 2.45) is 12.2 Å². The summed E-state index contributed by atoms with van der Waals surface area (Å²) in [6, 6.07) is 11.9. The molecule has 4 rings (SSSR count). The monoisotopic (exact) mass is 507 g/mol. The molecule has 1 amide bonds. The fourth-order valence-corrected chi connectivity index (χ4v) is 3.96. The summed E-state index contributed by atoms with van der Waals surface area (Å²) in [6.07, 6.45) is 1.79. The number of fused-ring (bicyclic) bond motifs is 1. The van der Waals surface area contributed by atoms with Gasteiger partial charge in [-0.3, -0.25) is 19.6 Å². The Balaban J connectivity index is 1.54. The molecule has 0 saturated heterocycles. The normalized spacial score (nSPS) is 11.5. The Morgan fingerprint density at radius 3 is 2.56 bits per heavy atom. The molecule has 0 unspecified atom stereocenters. The fourth-order valence-electron chi connectivity index (χ4n) is 3.14. The Morgan fingerprint density at radius 2 is 1.86 bits per heavy atom. The molecule has 3 aromatic heterocycles. The number of nitrogens with zero attached hydrogens (tertiary/aromatic N) is 5. The van der Waals surface area contributed by atoms with Crippen LogP contribution in [0.2, 0.25) is 0 Å². The summed E-state index contributed by atoms with van der Waals surface area (Å²) in [5.41, 5.74) is 2.34. The van der Waals surface area contributed by atoms with Crippen molar-refractivity contribution < 1.29 is 19.2 Å². The molecule has 11 nitrogen and oxygen atoms in total. The number of oxime groups is 1. The summed E-state index contributed by atoms with van der Waals surface area (Å²) >= 11 is 1.22. The number of rotatable bonds is 11. The summed E-state index contributed by atoms with van der Waals surface area (Å²) in [5, 5.41) is 14.5. The second-order valence-electron chi connectivity index (χ2n) is 7.73. The van der Waals surface area contributed by atoms with Crippen molar-refractivity contribution in [3.8, 4) is 5.88 Å². The van der Waals surface area contributed by atoms with Crippen LogP contribution in [0, 0.1) is 0 Å². The molecule has 3 heterocycles. The van der Waals surface area contributed by atoms with Crippen LogP contribution in [0.1, 0.15) is 28.5 Å². The number of Topliss-reactive ketones (excluding diaryl/α,β-unsaturated/α-hetero) is 1. The first kappa shape index (κ1) is 24.9. The zero-order valence-electron chi connectivity index (χ0n) is 20.0. The number of thiazole rings is 1. The minimum Gasteiger partial charge on any atom is -0.476 e. The lowest BCUT2D eigenvalue weighted by atomic mass is 10.1. The molecule has 1 aromatic carbocycles. The number of hydrogen-bond acceptors (Lipinski definition) is 10. The first-order valence-electron chi connectivity index (χ1n) is 11.1. The lowest BCUT2D eigenvalue weighted by molar-refractivity contribution is -0.110. The molecule has 0 bridgehead atoms. The number of benzene rings is 1. The van der Waals surface area contributed by atoms with Crippen molar-refractivity contribution in [3.63, 3.8) is 0 Å². The van der Waals surface area contributed by atoms with E-state index in [9.17, 15) is 9.59 Å². The Bertz CT molecular complexity index is 1400. The van der Waals surface area contributed by atoms with E-state index in [1.807, 2.05) is 7.05 Å². The summed E-state index contributed by atoms with van der Waals surface area (Å²) in [6.45, 7) is 2.75. The summed E-state index contributed by atoms with van der Waals surface area (Å²) in [4.78, 5) is 39.8. The smallest absolute Gasteiger partial charge is 0.280 e. The van der Waals surface area contributed by atoms with Crippen molar-refractivity contribution in [3.05, 3.63) is 65.5 Å². The number of pyridine rings is 1. The van der Waals surface area contributed by atoms with Gasteiger partial charge in [0.25, 0.3) is 5.91 Å². The van der Waals surface area contributed by atoms with Gasteiger partial charge in [0.2, 0.25) is 5.88 Å². The molecule has 4 aromatic rings. The second kappa shape index (κ2) is 11.5. The zero-order chi connectivity index (χ0) is 25.5. The van der Waals surface area contributed by atoms with E-state index >= 15 is 0 Å². The van der Waals surface area contributed by atoms with Crippen molar-refractivity contribution >= 4 is 44.2 Å². The lowest BCUT2D eigenvalue weighted by Crippen LogP contribution is -2.24. The largest absolute Gasteiger partial charge is 0.476 e. The van der Waals surface area contributed by atoms with Crippen LogP contribution in [-0.2, 0) is 23.3 Å². The number of aryl methyl sites for hydroxylation is 1. The van der Waals surface area contributed by atoms with E-state index in [-0.39, 0.29) is 18.1 Å². The molecule has 12 heteroatoms. The summed E-state index contributed by atoms with van der Waals surface area (Å²) in [5.74, 6) is -0.113. The standard InChI is InChI=1S/C24H25N7O4S/c1-15(32)16-4-6-17(7-5-16)21(30-35-14-18-10-12-31(3)29-18)22(33)28-24-26-19-8-9-20(27-23(19)36-24)34-13-11-25-2/h4-10,12,25H,11,13-14H2,1-3H3,(H,26,28,33)/b30-21-. The molecule has 36 heavy (non-hydrogen) atoms. The molecule has 0 atom stereocenters. The highest BCUT2D eigenvalue weighted by atomic mass is 32.1. The average Bonchev–Trinajstić information content (AvgIpc) is 3.46. The average molecular weight is 508 g/mol. The van der Waals surface area contributed by atoms with Crippen molar-refractivity contribution in [2.75, 3.05) is 25.5 Å². The van der Waals surface area contributed by atoms with Crippen molar-refractivity contribution in [1.82, 2.24) is 25.1 Å². The minimum atomic E-state index is -0.517. The molecule has 186 valence electrons. The maximum atomic E-state index is 13.2. The van der Waals surface area contributed by atoms with Crippen LogP contribution < -0.4 is 15.4 Å². The van der Waals surface area contributed by atoms with Gasteiger partial charge in [0.15, 0.2) is 23.2 Å². The highest BCUT2D eigenvalue weighted by Gasteiger charge is 2.19. The molecule has 0 saturated carbocycles. The van der Waals surface area contributed by atoms with Crippen LogP contribution >= 0.6 is 11.3 Å². The highest BCUT2D eigenvalue weighted by Crippen LogP contribution is 2.26. The van der Waals surface area contributed by atoms with E-state index in [1.54, 1.807) is 60.4 Å². The number of anilines is 1. The fraction of sp³-hybridized carbons (Fsp3) is 0.250. The van der Waals surface area contributed by atoms with Gasteiger partial charge in [-0.25, -0.2) is 9.97 Å². The summed E-state index contributed by atoms with van der Waals surface area (Å²) < 4.78 is 7.25. The van der Waals surface area contributed by atoms with E-state index in [2.05, 4.69) is 30.9 Å². The maximum absolute atomic E-state index is 13.2. The van der Waals surface area contributed by atoms with E-state index in [1.165, 1.54) is 18.3 Å². The maximum Gasteiger partial charge on any atom is 0.280 e. The van der Waals surface area contributed by atoms with Gasteiger partial charge in [0.1, 0.15) is 22.6 Å². The number of carbonyl (C=O) groups excluding carboxylic acids is 2. The Labute approximate surface area is 211 Å². The Morgan fingerprint density at radius 1 is 1.08 bits per heavy atom. The molecule has 0 spiro atoms. The molecular weight excluding hydrogens is 482 g/mol. The molecule has 0 fully saturated rings. The predicted octanol–water partition coefficient (Wildman–Crippen LogP) is 2.79. The number of ketones is 1. The van der Waals surface area contributed by atoms with Gasteiger partial charge in [-0.15, -0.1) is 0 Å². The number of ether oxygens (including phenoxy) is 1. The van der Waals surface area contributed by atoms with Crippen molar-refractivity contribution in [2.45, 2.75) is 13.5 Å². The lowest BCUT2D eigenvalue weighted by Gasteiger charge is -2.07. The number of carbonyl (C=O) groups is 2. The van der Waals surface area contributed by atoms with Gasteiger partial charge in [-0.05, 0) is 26.1 Å². The molecule has 0 aliphatic heterocycles. The Hall–Kier alpha value is -4.16. The number of amides is 1. The number of hydrogen-bond donors (Lipinski definition) is 2. The second-order valence-corrected chi connectivity index (χ2v) is 8.70. The quantitative estimate of drug-likeness (QED) is 0.137. The number of likely N-dealkylation sites (N-methyl/N-ethyl adjacent to an activating group) is 1. The van der Waals surface area contributed by atoms with Gasteiger partial charge in [0.05, 0.1) is 0 Å². The van der Waals surface area contributed by atoms with Gasteiger partial charge >= 0.3 is 0 Å². The Kier molecular flexibility index (Phi) is 7.98. The van der Waals surface area contributed by atoms with E-state index in [0.717, 1.165) is 0 Å². The molecule has 0 aliphatic rings. The van der Waals surface area contributed by atoms with E-state index < -0.39 is 5.91 Å². The third-order valence-electron chi connectivity index (χ3n) is 4.97. The SMILES string of the molecule is CNCCOc1ccc2nc(NC(=O)/C(=N\OCc3ccn(C)n3)c3ccc(C(C)=O)cc3)sc2n1. The minimum absolute atomic E-state index is 0.0318. The molecule has 2 N–H and O–H groups in total. The third-order valence-corrected chi connectivity index (χ3v) is 5.85. The molecule has 0 radical (unpaired) electrons. The highest BCUT2D eigenvalue weighted by molar-refractivity contribution is 7.22. The van der Waals surface area contributed by atoms with Crippen LogP contribution in [0.25, 0.3) is 10.3 Å². The zero-order valence-corrected chi connectivity index (χ0v) is 20.8. The molecule has 0 aliphatic carbocycles. The molecular formula is C24H25N7O4S. The van der Waals surface area contributed by atoms with Crippen LogP contribution in [0.5, 0.6) is 5.88 Å². The van der Waals surface area contributed by atoms with E-state index in [0.29, 0.717) is 51.3 Å². The number of aromatic nitrogens is 4. The van der Waals surface area contributed by atoms with Crippen LogP contribution in [0.4, 0.5) is 5.13 Å². The van der Waals surface area contributed by atoms with Gasteiger partial charge in [-0.1, -0.05) is 40.8 Å². The first-order chi connectivity index (χ1) is 17.4. The summed E-state index contributed by atoms with van der Waals surface area (Å²) in [7, 11) is 3.64. The van der Waals surface area contributed by atoms with Gasteiger partial charge in [0, 0.05) is 37.0 Å². The van der Waals surface area contributed by atoms with Crippen LogP contribution in [0.15, 0.2) is 53.8 Å². The third kappa shape index (κ3) is 6.29. The topological polar surface area (TPSA) is 133 Å². The van der Waals surface area contributed by atoms with Crippen LogP contribution in [-0.4, -0.2) is 57.3 Å². The van der Waals surface area contributed by atoms with Crippen molar-refractivity contribution in [1.29, 1.82) is 0 Å². The van der Waals surface area contributed by atoms with Crippen LogP contribution in [0.3, 0.4) is 0 Å². The predicted molar refractivity (Wildman–Crippen MR) is 136 cm³/mol. The first-order valence-corrected chi connectivity index (χ1v) is 11.9. The van der Waals surface area contributed by atoms with E-state index in [4.69, 9.17) is 9.57 Å².